The number of hydrogen-bond acceptors (Lipinski definition) is 21. The van der Waals surface area contributed by atoms with Crippen LogP contribution >= 0.6 is 11.3 Å². The number of thiophene rings is 1. The molecule has 694 valence electrons. The van der Waals surface area contributed by atoms with Crippen LogP contribution in [0.15, 0.2) is 166 Å². The molecule has 0 radical (unpaired) electrons. The monoisotopic (exact) mass is 1780 g/mol. The van der Waals surface area contributed by atoms with Gasteiger partial charge in [0.1, 0.15) is 109 Å². The van der Waals surface area contributed by atoms with Crippen molar-refractivity contribution in [2.75, 3.05) is 113 Å². The first kappa shape index (κ1) is 102. The van der Waals surface area contributed by atoms with E-state index in [9.17, 15) is 59.4 Å². The number of phenolic OH excluding ortho intramolecular Hbond substituents is 6. The highest BCUT2D eigenvalue weighted by atomic mass is 32.1. The molecule has 26 nitrogen and oxygen atoms in total. The molecule has 6 amide bonds. The standard InChI is InChI=1S/C19H27NO3.C18H21NO3.C17H25NO3.C16H21NO4.C16H23NO4.C15H17NO3S/c1-13(2)20(4)19(22)16-9-6-5-8-15(16)12-23-18-11-7-10-17(21)14(18)3;1-13-16(20)8-5-9-17(13)22-12-14-6-4-7-15(14)18(21)19-10-2-3-11-19;1-12(2)17(20)18-10-5-4-7-14(18)11-21-16-9-6-8-15(19)13(16)3;1-3-17-16(19)13-7-8-20-9-12(13)10-21-15-6-4-5-14(18)11(15)2;1-3-5-16(19)17-8-9-20-10-13(17)11-21-15-7-4-6-14(18)12(15)2;1-10-12(17)5-4-6-13(10)19-9-11-7-8-20-14(11)15(18)16(2)3/h7,10-11,13,21H,5-6,8-9,12H2,1-4H3;4-6,8-9,20H,2-3,7,10-12H2,1H3;6,8-9,12,14,19H,4-5,7,10-11H2,1-3H3;4-6,18H,3,7-10H2,1-2H3,(H,17,19);4,6-7,13,18H,3,5,8-11H2,1-2H3;4-8,17H,9H2,1-3H3. The molecule has 27 heteroatoms. The Bertz CT molecular complexity index is 4980. The fourth-order valence-electron chi connectivity index (χ4n) is 14.8. The molecule has 3 saturated heterocycles. The average Bonchev–Trinajstić information content (AvgIpc) is 1.41. The summed E-state index contributed by atoms with van der Waals surface area (Å²) in [7, 11) is 5.31. The minimum absolute atomic E-state index is 0.0214. The zero-order valence-corrected chi connectivity index (χ0v) is 78.2. The summed E-state index contributed by atoms with van der Waals surface area (Å²) in [6.45, 7) is 30.7. The molecule has 0 saturated carbocycles. The van der Waals surface area contributed by atoms with E-state index in [2.05, 4.69) is 5.32 Å². The van der Waals surface area contributed by atoms with Gasteiger partial charge >= 0.3 is 0 Å². The molecule has 7 aromatic rings. The second-order valence-electron chi connectivity index (χ2n) is 33.2. The van der Waals surface area contributed by atoms with Gasteiger partial charge in [0.05, 0.1) is 43.4 Å². The lowest BCUT2D eigenvalue weighted by Crippen LogP contribution is -2.51. The highest BCUT2D eigenvalue weighted by molar-refractivity contribution is 7.12. The number of likely N-dealkylation sites (N-methyl/N-ethyl adjacent to an activating group) is 2. The summed E-state index contributed by atoms with van der Waals surface area (Å²) in [5, 5.41) is 62.8. The zero-order valence-electron chi connectivity index (χ0n) is 77.4. The van der Waals surface area contributed by atoms with Crippen molar-refractivity contribution in [3.8, 4) is 69.0 Å². The third-order valence-electron chi connectivity index (χ3n) is 23.2. The van der Waals surface area contributed by atoms with Crippen LogP contribution in [0.2, 0.25) is 0 Å². The number of allylic oxidation sites excluding steroid dienone is 1. The van der Waals surface area contributed by atoms with Gasteiger partial charge in [-0.15, -0.1) is 11.3 Å². The number of benzene rings is 6. The predicted octanol–water partition coefficient (Wildman–Crippen LogP) is 17.0. The molecule has 3 fully saturated rings. The van der Waals surface area contributed by atoms with Gasteiger partial charge in [0.25, 0.3) is 5.91 Å². The lowest BCUT2D eigenvalue weighted by molar-refractivity contribution is -0.141. The Labute approximate surface area is 759 Å². The molecule has 0 spiro atoms. The van der Waals surface area contributed by atoms with Gasteiger partial charge in [-0.25, -0.2) is 0 Å². The smallest absolute Gasteiger partial charge is 0.263 e. The number of nitrogens with zero attached hydrogens (tertiary/aromatic N) is 5. The van der Waals surface area contributed by atoms with E-state index in [1.54, 1.807) is 123 Å². The third-order valence-corrected chi connectivity index (χ3v) is 24.1. The van der Waals surface area contributed by atoms with Crippen molar-refractivity contribution in [3.05, 3.63) is 210 Å². The molecular weight excluding hydrogens is 1650 g/mol. The maximum Gasteiger partial charge on any atom is 0.263 e. The number of ether oxygens (including phenoxy) is 8. The van der Waals surface area contributed by atoms with E-state index in [1.165, 1.54) is 11.3 Å². The molecule has 128 heavy (non-hydrogen) atoms. The molecule has 1 aromatic heterocycles. The van der Waals surface area contributed by atoms with E-state index in [0.717, 1.165) is 140 Å². The predicted molar refractivity (Wildman–Crippen MR) is 498 cm³/mol. The molecule has 2 aliphatic carbocycles. The van der Waals surface area contributed by atoms with Gasteiger partial charge in [-0.1, -0.05) is 69.3 Å². The zero-order chi connectivity index (χ0) is 93.1. The van der Waals surface area contributed by atoms with Gasteiger partial charge in [0, 0.05) is 140 Å². The number of hydrogen-bond donors (Lipinski definition) is 7. The number of morpholine rings is 1. The number of phenols is 6. The van der Waals surface area contributed by atoms with E-state index in [-0.39, 0.29) is 101 Å². The van der Waals surface area contributed by atoms with E-state index in [1.807, 2.05) is 139 Å². The van der Waals surface area contributed by atoms with Gasteiger partial charge in [-0.3, -0.25) is 28.8 Å². The van der Waals surface area contributed by atoms with E-state index < -0.39 is 0 Å². The van der Waals surface area contributed by atoms with E-state index in [0.29, 0.717) is 148 Å². The Hall–Kier alpha value is -11.7. The second kappa shape index (κ2) is 51.3. The maximum atomic E-state index is 12.7. The first-order chi connectivity index (χ1) is 61.3. The molecule has 2 unspecified atom stereocenters. The third kappa shape index (κ3) is 29.4. The molecule has 5 heterocycles. The fourth-order valence-corrected chi connectivity index (χ4v) is 15.8. The molecule has 0 bridgehead atoms. The minimum atomic E-state index is -0.0699. The topological polar surface area (TPSA) is 326 Å². The Morgan fingerprint density at radius 3 is 1.47 bits per heavy atom. The Balaban J connectivity index is 0.000000190. The Morgan fingerprint density at radius 2 is 0.977 bits per heavy atom. The van der Waals surface area contributed by atoms with Crippen LogP contribution in [0.1, 0.15) is 174 Å². The number of rotatable bonds is 27. The summed E-state index contributed by atoms with van der Waals surface area (Å²) in [5.41, 5.74) is 10.6. The summed E-state index contributed by atoms with van der Waals surface area (Å²) in [6.07, 6.45) is 15.9. The van der Waals surface area contributed by atoms with E-state index in [4.69, 9.17) is 37.9 Å². The van der Waals surface area contributed by atoms with Gasteiger partial charge in [0.2, 0.25) is 29.5 Å². The summed E-state index contributed by atoms with van der Waals surface area (Å²) in [6, 6.07) is 33.4. The number of piperidine rings is 1. The van der Waals surface area contributed by atoms with Crippen LogP contribution < -0.4 is 33.7 Å². The molecule has 6 aliphatic rings. The van der Waals surface area contributed by atoms with Crippen LogP contribution in [-0.2, 0) is 40.1 Å². The van der Waals surface area contributed by atoms with Crippen LogP contribution in [0, 0.1) is 47.5 Å². The first-order valence-corrected chi connectivity index (χ1v) is 45.4. The summed E-state index contributed by atoms with van der Waals surface area (Å²) < 4.78 is 45.7. The van der Waals surface area contributed by atoms with E-state index >= 15 is 0 Å². The number of carbonyl (C=O) groups is 6. The molecule has 4 aliphatic heterocycles. The SMILES string of the molecule is CCCC(=O)N1CCOCC1COc1cccc(O)c1C.CCNC(=O)C1=C(COc2cccc(O)c2C)COCC1.Cc1c(O)cccc1OCC1=C(C(=O)N(C)C(C)C)CCCC1.Cc1c(O)cccc1OCC1=C(C(=O)N2CCCC2)CC=C1.Cc1c(O)cccc1OCC1CCCCN1C(=O)C(C)C.Cc1c(O)cccc1OCc1ccsc1C(=O)N(C)C. The molecule has 6 aromatic carbocycles. The van der Waals surface area contributed by atoms with Crippen LogP contribution in [0.3, 0.4) is 0 Å². The minimum Gasteiger partial charge on any atom is -0.508 e. The Morgan fingerprint density at radius 1 is 0.500 bits per heavy atom. The van der Waals surface area contributed by atoms with Crippen molar-refractivity contribution >= 4 is 46.8 Å². The van der Waals surface area contributed by atoms with Crippen molar-refractivity contribution in [1.29, 1.82) is 0 Å². The van der Waals surface area contributed by atoms with Crippen molar-refractivity contribution in [3.63, 3.8) is 0 Å². The number of amides is 6. The first-order valence-electron chi connectivity index (χ1n) is 44.5. The summed E-state index contributed by atoms with van der Waals surface area (Å²) in [4.78, 5) is 83.4. The van der Waals surface area contributed by atoms with Gasteiger partial charge in [-0.05, 0) is 228 Å². The molecule has 13 rings (SSSR count). The fraction of sp³-hybridized carbons (Fsp3) is 0.465. The summed E-state index contributed by atoms with van der Waals surface area (Å²) in [5.74, 6) is 5.79. The highest BCUT2D eigenvalue weighted by Crippen LogP contribution is 2.36. The molecule has 2 atom stereocenters. The molecule has 7 N–H and O–H groups in total. The molecular formula is C101H134N6O20S. The van der Waals surface area contributed by atoms with Crippen LogP contribution in [0.25, 0.3) is 0 Å². The van der Waals surface area contributed by atoms with Crippen LogP contribution in [0.5, 0.6) is 69.0 Å². The second-order valence-corrected chi connectivity index (χ2v) is 34.1. The maximum absolute atomic E-state index is 12.7. The highest BCUT2D eigenvalue weighted by Gasteiger charge is 2.32. The number of aromatic hydroxyl groups is 6. The summed E-state index contributed by atoms with van der Waals surface area (Å²) >= 11 is 1.41. The lowest BCUT2D eigenvalue weighted by atomic mass is 9.91. The normalized spacial score (nSPS) is 15.9. The quantitative estimate of drug-likeness (QED) is 0.0251. The van der Waals surface area contributed by atoms with Crippen molar-refractivity contribution in [1.82, 2.24) is 29.8 Å². The Kier molecular flexibility index (Phi) is 40.8. The lowest BCUT2D eigenvalue weighted by Gasteiger charge is -2.36. The number of likely N-dealkylation sites (tertiary alicyclic amines) is 2. The number of carbonyl (C=O) groups excluding carboxylic acids is 6. The number of nitrogens with one attached hydrogen (secondary N) is 1. The van der Waals surface area contributed by atoms with Crippen molar-refractivity contribution in [2.45, 2.75) is 191 Å². The average molecular weight is 1780 g/mol. The van der Waals surface area contributed by atoms with Crippen LogP contribution in [-0.4, -0.2) is 222 Å². The van der Waals surface area contributed by atoms with Crippen molar-refractivity contribution < 1.29 is 97.3 Å². The largest absolute Gasteiger partial charge is 0.508 e. The van der Waals surface area contributed by atoms with Gasteiger partial charge in [0.15, 0.2) is 0 Å². The van der Waals surface area contributed by atoms with Gasteiger partial charge in [-0.2, -0.15) is 0 Å². The van der Waals surface area contributed by atoms with Gasteiger partial charge < -0.3 is 98.4 Å². The van der Waals surface area contributed by atoms with Crippen LogP contribution in [0.4, 0.5) is 0 Å². The van der Waals surface area contributed by atoms with Crippen molar-refractivity contribution in [2.24, 2.45) is 5.92 Å².